The first-order valence-corrected chi connectivity index (χ1v) is 7.66. The second-order valence-electron chi connectivity index (χ2n) is 5.77. The van der Waals surface area contributed by atoms with Gasteiger partial charge in [-0.3, -0.25) is 4.79 Å². The lowest BCUT2D eigenvalue weighted by Crippen LogP contribution is -2.62. The lowest BCUT2D eigenvalue weighted by atomic mass is 9.99. The number of rotatable bonds is 5. The van der Waals surface area contributed by atoms with Gasteiger partial charge >= 0.3 is 0 Å². The van der Waals surface area contributed by atoms with Crippen LogP contribution in [0.2, 0.25) is 0 Å². The topological polar surface area (TPSA) is 70.2 Å². The third kappa shape index (κ3) is 3.25. The summed E-state index contributed by atoms with van der Waals surface area (Å²) in [5.74, 6) is 2.51. The lowest BCUT2D eigenvalue weighted by molar-refractivity contribution is -0.126. The Balaban J connectivity index is 2.38. The molecule has 1 aromatic heterocycles. The maximum Gasteiger partial charge on any atom is 0.245 e. The molecule has 21 heavy (non-hydrogen) atoms. The molecular weight excluding hydrogens is 266 g/mol. The molecule has 6 heteroatoms. The highest BCUT2D eigenvalue weighted by molar-refractivity contribution is 5.90. The molecular formula is C15H25N5O. The molecule has 0 spiro atoms. The van der Waals surface area contributed by atoms with E-state index in [0.29, 0.717) is 6.54 Å². The Hall–Kier alpha value is -1.85. The fourth-order valence-corrected chi connectivity index (χ4v) is 2.53. The van der Waals surface area contributed by atoms with Gasteiger partial charge in [0.2, 0.25) is 5.91 Å². The molecule has 0 unspecified atom stereocenters. The van der Waals surface area contributed by atoms with Crippen LogP contribution in [0.3, 0.4) is 0 Å². The van der Waals surface area contributed by atoms with Gasteiger partial charge < -0.3 is 15.5 Å². The van der Waals surface area contributed by atoms with E-state index >= 15 is 0 Å². The summed E-state index contributed by atoms with van der Waals surface area (Å²) < 4.78 is 0. The predicted molar refractivity (Wildman–Crippen MR) is 84.6 cm³/mol. The zero-order valence-electron chi connectivity index (χ0n) is 13.4. The average Bonchev–Trinajstić information content (AvgIpc) is 2.42. The number of anilines is 2. The molecule has 2 heterocycles. The first-order chi connectivity index (χ1) is 9.98. The summed E-state index contributed by atoms with van der Waals surface area (Å²) in [6.07, 6.45) is 1.84. The number of hydrogen-bond acceptors (Lipinski definition) is 5. The summed E-state index contributed by atoms with van der Waals surface area (Å²) in [7, 11) is 0. The molecule has 2 rings (SSSR count). The Kier molecular flexibility index (Phi) is 4.65. The van der Waals surface area contributed by atoms with E-state index in [-0.39, 0.29) is 5.91 Å². The highest BCUT2D eigenvalue weighted by Gasteiger charge is 2.38. The Labute approximate surface area is 126 Å². The SMILES string of the molecule is CCCc1nc(NCC)cc(N2CCNC(=O)C2(C)C)n1. The molecule has 0 radical (unpaired) electrons. The van der Waals surface area contributed by atoms with Crippen LogP contribution in [0, 0.1) is 0 Å². The molecule has 1 aromatic rings. The van der Waals surface area contributed by atoms with Crippen LogP contribution in [0.4, 0.5) is 11.6 Å². The van der Waals surface area contributed by atoms with Crippen LogP contribution in [0.5, 0.6) is 0 Å². The number of nitrogens with zero attached hydrogens (tertiary/aromatic N) is 3. The van der Waals surface area contributed by atoms with Gasteiger partial charge in [-0.1, -0.05) is 6.92 Å². The van der Waals surface area contributed by atoms with Crippen LogP contribution in [0.25, 0.3) is 0 Å². The molecule has 1 aliphatic heterocycles. The van der Waals surface area contributed by atoms with Crippen molar-refractivity contribution in [1.29, 1.82) is 0 Å². The van der Waals surface area contributed by atoms with Crippen LogP contribution in [0.1, 0.15) is 39.9 Å². The molecule has 6 nitrogen and oxygen atoms in total. The minimum absolute atomic E-state index is 0.0365. The molecule has 1 amide bonds. The van der Waals surface area contributed by atoms with Crippen molar-refractivity contribution in [3.8, 4) is 0 Å². The van der Waals surface area contributed by atoms with Crippen molar-refractivity contribution >= 4 is 17.5 Å². The molecule has 1 fully saturated rings. The third-order valence-electron chi connectivity index (χ3n) is 3.72. The van der Waals surface area contributed by atoms with Gasteiger partial charge in [-0.15, -0.1) is 0 Å². The third-order valence-corrected chi connectivity index (χ3v) is 3.72. The fourth-order valence-electron chi connectivity index (χ4n) is 2.53. The minimum atomic E-state index is -0.598. The highest BCUT2D eigenvalue weighted by atomic mass is 16.2. The van der Waals surface area contributed by atoms with E-state index in [9.17, 15) is 4.79 Å². The molecule has 0 aliphatic carbocycles. The summed E-state index contributed by atoms with van der Waals surface area (Å²) in [5, 5.41) is 6.16. The fraction of sp³-hybridized carbons (Fsp3) is 0.667. The van der Waals surface area contributed by atoms with Gasteiger partial charge in [0.15, 0.2) is 0 Å². The predicted octanol–water partition coefficient (Wildman–Crippen LogP) is 1.58. The Morgan fingerprint density at radius 2 is 2.14 bits per heavy atom. The van der Waals surface area contributed by atoms with E-state index in [0.717, 1.165) is 43.4 Å². The molecule has 2 N–H and O–H groups in total. The smallest absolute Gasteiger partial charge is 0.245 e. The first kappa shape index (κ1) is 15.5. The van der Waals surface area contributed by atoms with E-state index in [1.165, 1.54) is 0 Å². The van der Waals surface area contributed by atoms with Crippen molar-refractivity contribution in [1.82, 2.24) is 15.3 Å². The number of hydrogen-bond donors (Lipinski definition) is 2. The molecule has 0 bridgehead atoms. The number of carbonyl (C=O) groups is 1. The van der Waals surface area contributed by atoms with Gasteiger partial charge in [-0.05, 0) is 27.2 Å². The molecule has 1 saturated heterocycles. The summed E-state index contributed by atoms with van der Waals surface area (Å²) in [6, 6.07) is 1.93. The standard InChI is InChI=1S/C15H25N5O/c1-5-7-11-18-12(16-6-2)10-13(19-11)20-9-8-17-14(21)15(20,3)4/h10H,5-9H2,1-4H3,(H,17,21)(H,16,18,19). The molecule has 0 atom stereocenters. The monoisotopic (exact) mass is 291 g/mol. The second kappa shape index (κ2) is 6.28. The Morgan fingerprint density at radius 3 is 2.81 bits per heavy atom. The average molecular weight is 291 g/mol. The molecule has 1 aliphatic rings. The van der Waals surface area contributed by atoms with E-state index in [2.05, 4.69) is 32.4 Å². The van der Waals surface area contributed by atoms with Crippen molar-refractivity contribution in [3.63, 3.8) is 0 Å². The number of carbonyl (C=O) groups excluding carboxylic acids is 1. The first-order valence-electron chi connectivity index (χ1n) is 7.66. The quantitative estimate of drug-likeness (QED) is 0.862. The van der Waals surface area contributed by atoms with Crippen LogP contribution < -0.4 is 15.5 Å². The summed E-state index contributed by atoms with van der Waals surface area (Å²) >= 11 is 0. The maximum atomic E-state index is 12.1. The van der Waals surface area contributed by atoms with E-state index in [4.69, 9.17) is 0 Å². The van der Waals surface area contributed by atoms with Gasteiger partial charge in [-0.2, -0.15) is 0 Å². The van der Waals surface area contributed by atoms with Crippen molar-refractivity contribution in [2.75, 3.05) is 29.9 Å². The van der Waals surface area contributed by atoms with Crippen molar-refractivity contribution in [2.45, 2.75) is 46.1 Å². The summed E-state index contributed by atoms with van der Waals surface area (Å²) in [6.45, 7) is 10.2. The van der Waals surface area contributed by atoms with Crippen LogP contribution in [0.15, 0.2) is 6.07 Å². The van der Waals surface area contributed by atoms with Gasteiger partial charge in [-0.25, -0.2) is 9.97 Å². The normalized spacial score (nSPS) is 17.5. The largest absolute Gasteiger partial charge is 0.370 e. The number of nitrogens with one attached hydrogen (secondary N) is 2. The summed E-state index contributed by atoms with van der Waals surface area (Å²) in [5.41, 5.74) is -0.598. The zero-order valence-corrected chi connectivity index (χ0v) is 13.4. The molecule has 0 aromatic carbocycles. The van der Waals surface area contributed by atoms with E-state index < -0.39 is 5.54 Å². The zero-order chi connectivity index (χ0) is 15.5. The number of amides is 1. The number of piperazine rings is 1. The van der Waals surface area contributed by atoms with Crippen molar-refractivity contribution < 1.29 is 4.79 Å². The van der Waals surface area contributed by atoms with Crippen LogP contribution in [-0.4, -0.2) is 41.0 Å². The van der Waals surface area contributed by atoms with Crippen molar-refractivity contribution in [3.05, 3.63) is 11.9 Å². The van der Waals surface area contributed by atoms with Crippen molar-refractivity contribution in [2.24, 2.45) is 0 Å². The highest BCUT2D eigenvalue weighted by Crippen LogP contribution is 2.26. The maximum absolute atomic E-state index is 12.1. The minimum Gasteiger partial charge on any atom is -0.370 e. The van der Waals surface area contributed by atoms with Gasteiger partial charge in [0.1, 0.15) is 23.0 Å². The number of aromatic nitrogens is 2. The lowest BCUT2D eigenvalue weighted by Gasteiger charge is -2.42. The Morgan fingerprint density at radius 1 is 1.38 bits per heavy atom. The Bertz CT molecular complexity index is 491. The van der Waals surface area contributed by atoms with Gasteiger partial charge in [0.25, 0.3) is 0 Å². The number of aryl methyl sites for hydroxylation is 1. The molecule has 0 saturated carbocycles. The van der Waals surface area contributed by atoms with Gasteiger partial charge in [0, 0.05) is 32.1 Å². The second-order valence-corrected chi connectivity index (χ2v) is 5.77. The van der Waals surface area contributed by atoms with E-state index in [1.807, 2.05) is 26.8 Å². The van der Waals surface area contributed by atoms with Gasteiger partial charge in [0.05, 0.1) is 0 Å². The van der Waals surface area contributed by atoms with Crippen LogP contribution in [-0.2, 0) is 11.2 Å². The van der Waals surface area contributed by atoms with Crippen LogP contribution >= 0.6 is 0 Å². The van der Waals surface area contributed by atoms with E-state index in [1.54, 1.807) is 0 Å². The summed E-state index contributed by atoms with van der Waals surface area (Å²) in [4.78, 5) is 23.4. The molecule has 116 valence electrons.